The van der Waals surface area contributed by atoms with E-state index < -0.39 is 0 Å². The van der Waals surface area contributed by atoms with Crippen molar-refractivity contribution in [3.05, 3.63) is 41.5 Å². The van der Waals surface area contributed by atoms with E-state index in [0.29, 0.717) is 42.1 Å². The molecule has 9 heteroatoms. The highest BCUT2D eigenvalue weighted by atomic mass is 16.5. The predicted molar refractivity (Wildman–Crippen MR) is 140 cm³/mol. The molecule has 194 valence electrons. The summed E-state index contributed by atoms with van der Waals surface area (Å²) in [7, 11) is 0. The topological polar surface area (TPSA) is 99.3 Å². The molecule has 1 aromatic heterocycles. The lowest BCUT2D eigenvalue weighted by Gasteiger charge is -2.38. The highest BCUT2D eigenvalue weighted by molar-refractivity contribution is 6.28. The van der Waals surface area contributed by atoms with Gasteiger partial charge in [0.15, 0.2) is 11.5 Å². The molecule has 3 heterocycles. The lowest BCUT2D eigenvalue weighted by molar-refractivity contribution is -0.148. The Morgan fingerprint density at radius 2 is 1.89 bits per heavy atom. The van der Waals surface area contributed by atoms with Crippen LogP contribution in [0.4, 0.5) is 11.4 Å². The number of carbonyl (C=O) groups is 2. The van der Waals surface area contributed by atoms with E-state index in [1.807, 2.05) is 31.2 Å². The lowest BCUT2D eigenvalue weighted by Crippen LogP contribution is -2.47. The van der Waals surface area contributed by atoms with Gasteiger partial charge in [0.25, 0.3) is 0 Å². The molecule has 1 aliphatic carbocycles. The van der Waals surface area contributed by atoms with Crippen molar-refractivity contribution in [2.24, 2.45) is 5.92 Å². The third kappa shape index (κ3) is 4.06. The Morgan fingerprint density at radius 3 is 2.65 bits per heavy atom. The summed E-state index contributed by atoms with van der Waals surface area (Å²) in [6, 6.07) is 9.60. The average Bonchev–Trinajstić information content (AvgIpc) is 3.38. The SMILES string of the molecule is CCOC(=O)[C@@H]1CCCN(c2cc(N3CCN(CCO)CC3)c3noc4c3c2C(=O)c2ccccc2-4)C1. The van der Waals surface area contributed by atoms with Crippen molar-refractivity contribution in [2.45, 2.75) is 19.8 Å². The fourth-order valence-electron chi connectivity index (χ4n) is 6.02. The molecule has 2 saturated heterocycles. The molecule has 0 unspecified atom stereocenters. The minimum atomic E-state index is -0.227. The molecule has 0 spiro atoms. The first-order valence-electron chi connectivity index (χ1n) is 13.2. The number of esters is 1. The van der Waals surface area contributed by atoms with Gasteiger partial charge in [-0.3, -0.25) is 14.5 Å². The highest BCUT2D eigenvalue weighted by Gasteiger charge is 2.37. The summed E-state index contributed by atoms with van der Waals surface area (Å²) in [5, 5.41) is 14.6. The quantitative estimate of drug-likeness (QED) is 0.397. The van der Waals surface area contributed by atoms with Crippen LogP contribution in [0.15, 0.2) is 34.9 Å². The minimum absolute atomic E-state index is 0.0381. The molecule has 2 fully saturated rings. The van der Waals surface area contributed by atoms with Crippen molar-refractivity contribution in [2.75, 3.05) is 68.8 Å². The number of hydrogen-bond donors (Lipinski definition) is 1. The summed E-state index contributed by atoms with van der Waals surface area (Å²) in [6.45, 7) is 7.50. The molecular formula is C28H32N4O5. The second-order valence-corrected chi connectivity index (χ2v) is 9.99. The van der Waals surface area contributed by atoms with Crippen molar-refractivity contribution in [1.29, 1.82) is 0 Å². The Morgan fingerprint density at radius 1 is 1.11 bits per heavy atom. The van der Waals surface area contributed by atoms with Crippen LogP contribution in [0.3, 0.4) is 0 Å². The first-order chi connectivity index (χ1) is 18.1. The zero-order chi connectivity index (χ0) is 25.5. The number of piperidine rings is 1. The van der Waals surface area contributed by atoms with Gasteiger partial charge in [-0.1, -0.05) is 29.4 Å². The lowest BCUT2D eigenvalue weighted by atomic mass is 9.85. The number of aliphatic hydroxyl groups excluding tert-OH is 1. The van der Waals surface area contributed by atoms with Crippen molar-refractivity contribution in [3.8, 4) is 11.3 Å². The van der Waals surface area contributed by atoms with Gasteiger partial charge in [0.2, 0.25) is 0 Å². The van der Waals surface area contributed by atoms with Gasteiger partial charge in [-0.2, -0.15) is 0 Å². The number of carbonyl (C=O) groups excluding carboxylic acids is 2. The molecule has 3 aliphatic rings. The van der Waals surface area contributed by atoms with E-state index in [2.05, 4.69) is 25.9 Å². The number of anilines is 2. The average molecular weight is 505 g/mol. The molecule has 0 saturated carbocycles. The normalized spacial score (nSPS) is 19.8. The van der Waals surface area contributed by atoms with Crippen molar-refractivity contribution in [3.63, 3.8) is 0 Å². The van der Waals surface area contributed by atoms with Gasteiger partial charge in [-0.05, 0) is 25.8 Å². The Hall–Kier alpha value is -3.43. The van der Waals surface area contributed by atoms with Crippen LogP contribution in [0.2, 0.25) is 0 Å². The van der Waals surface area contributed by atoms with Gasteiger partial charge < -0.3 is 24.2 Å². The Labute approximate surface area is 215 Å². The molecular weight excluding hydrogens is 472 g/mol. The van der Waals surface area contributed by atoms with Crippen LogP contribution in [-0.2, 0) is 9.53 Å². The summed E-state index contributed by atoms with van der Waals surface area (Å²) in [5.74, 6) is 0.185. The number of aromatic nitrogens is 1. The third-order valence-electron chi connectivity index (χ3n) is 7.87. The molecule has 0 bridgehead atoms. The van der Waals surface area contributed by atoms with Gasteiger partial charge >= 0.3 is 5.97 Å². The van der Waals surface area contributed by atoms with E-state index in [1.54, 1.807) is 0 Å². The van der Waals surface area contributed by atoms with E-state index in [4.69, 9.17) is 9.26 Å². The molecule has 6 rings (SSSR count). The fourth-order valence-corrected chi connectivity index (χ4v) is 6.02. The van der Waals surface area contributed by atoms with Crippen LogP contribution in [0.5, 0.6) is 0 Å². The molecule has 9 nitrogen and oxygen atoms in total. The zero-order valence-electron chi connectivity index (χ0n) is 21.1. The minimum Gasteiger partial charge on any atom is -0.466 e. The number of piperazine rings is 1. The Kier molecular flexibility index (Phi) is 6.34. The maximum Gasteiger partial charge on any atom is 0.310 e. The largest absolute Gasteiger partial charge is 0.466 e. The molecule has 37 heavy (non-hydrogen) atoms. The summed E-state index contributed by atoms with van der Waals surface area (Å²) >= 11 is 0. The van der Waals surface area contributed by atoms with Gasteiger partial charge in [-0.15, -0.1) is 0 Å². The molecule has 0 amide bonds. The monoisotopic (exact) mass is 504 g/mol. The number of ketones is 1. The van der Waals surface area contributed by atoms with E-state index in [1.165, 1.54) is 0 Å². The number of hydrogen-bond acceptors (Lipinski definition) is 9. The van der Waals surface area contributed by atoms with Crippen LogP contribution >= 0.6 is 0 Å². The van der Waals surface area contributed by atoms with Gasteiger partial charge in [0.05, 0.1) is 41.5 Å². The van der Waals surface area contributed by atoms with Gasteiger partial charge in [-0.25, -0.2) is 0 Å². The maximum atomic E-state index is 13.9. The van der Waals surface area contributed by atoms with Crippen LogP contribution < -0.4 is 9.80 Å². The van der Waals surface area contributed by atoms with E-state index in [-0.39, 0.29) is 24.3 Å². The van der Waals surface area contributed by atoms with Crippen LogP contribution in [-0.4, -0.2) is 85.9 Å². The van der Waals surface area contributed by atoms with Crippen LogP contribution in [0.1, 0.15) is 35.7 Å². The maximum absolute atomic E-state index is 13.9. The van der Waals surface area contributed by atoms with E-state index in [0.717, 1.165) is 67.9 Å². The van der Waals surface area contributed by atoms with Crippen molar-refractivity contribution >= 4 is 34.0 Å². The first-order valence-corrected chi connectivity index (χ1v) is 13.2. The second-order valence-electron chi connectivity index (χ2n) is 9.99. The van der Waals surface area contributed by atoms with Crippen LogP contribution in [0, 0.1) is 5.92 Å². The van der Waals surface area contributed by atoms with Crippen molar-refractivity contribution < 1.29 is 24.0 Å². The van der Waals surface area contributed by atoms with E-state index in [9.17, 15) is 14.7 Å². The molecule has 1 atom stereocenters. The number of aliphatic hydroxyl groups is 1. The number of ether oxygens (including phenoxy) is 1. The summed E-state index contributed by atoms with van der Waals surface area (Å²) < 4.78 is 11.3. The van der Waals surface area contributed by atoms with Gasteiger partial charge in [0, 0.05) is 56.9 Å². The summed E-state index contributed by atoms with van der Waals surface area (Å²) in [5.41, 5.74) is 4.46. The smallest absolute Gasteiger partial charge is 0.310 e. The number of benzene rings is 2. The molecule has 3 aromatic rings. The van der Waals surface area contributed by atoms with Crippen LogP contribution in [0.25, 0.3) is 22.2 Å². The van der Waals surface area contributed by atoms with E-state index >= 15 is 0 Å². The third-order valence-corrected chi connectivity index (χ3v) is 7.87. The number of rotatable bonds is 6. The predicted octanol–water partition coefficient (Wildman–Crippen LogP) is 2.93. The second kappa shape index (κ2) is 9.79. The Bertz CT molecular complexity index is 1340. The molecule has 2 aromatic carbocycles. The first kappa shape index (κ1) is 23.9. The number of β-amino-alcohol motifs (C(OH)–C–C–N with tert-alkyl or cyclic N) is 1. The standard InChI is InChI=1S/C28H32N4O5/c1-2-36-28(35)18-6-5-9-32(17-18)21-16-22(31-12-10-30(11-13-31)14-15-33)25-24-23(21)26(34)19-7-3-4-8-20(19)27(24)37-29-25/h3-4,7-8,16,18,33H,2,5-6,9-15,17H2,1H3/t18-/m1/s1. The number of fused-ring (bicyclic) bond motifs is 2. The van der Waals surface area contributed by atoms with Crippen molar-refractivity contribution in [1.82, 2.24) is 10.1 Å². The highest BCUT2D eigenvalue weighted by Crippen LogP contribution is 2.47. The molecule has 1 N–H and O–H groups in total. The fraction of sp³-hybridized carbons (Fsp3) is 0.464. The summed E-state index contributed by atoms with van der Waals surface area (Å²) in [6.07, 6.45) is 1.62. The molecule has 0 radical (unpaired) electrons. The Balaban J connectivity index is 1.47. The number of nitrogens with zero attached hydrogens (tertiary/aromatic N) is 4. The zero-order valence-corrected chi connectivity index (χ0v) is 21.1. The summed E-state index contributed by atoms with van der Waals surface area (Å²) in [4.78, 5) is 33.3. The molecule has 2 aliphatic heterocycles. The van der Waals surface area contributed by atoms with Gasteiger partial charge in [0.1, 0.15) is 5.52 Å².